The van der Waals surface area contributed by atoms with Gasteiger partial charge in [0.25, 0.3) is 0 Å². The molecule has 0 saturated heterocycles. The summed E-state index contributed by atoms with van der Waals surface area (Å²) in [6, 6.07) is 4.88. The van der Waals surface area contributed by atoms with Gasteiger partial charge in [0, 0.05) is 24.8 Å². The lowest BCUT2D eigenvalue weighted by Gasteiger charge is -2.19. The van der Waals surface area contributed by atoms with Crippen molar-refractivity contribution in [2.45, 2.75) is 39.3 Å². The van der Waals surface area contributed by atoms with Crippen molar-refractivity contribution in [3.63, 3.8) is 0 Å². The fraction of sp³-hybridized carbons (Fsp3) is 0.571. The zero-order valence-corrected chi connectivity index (χ0v) is 12.3. The maximum absolute atomic E-state index is 5.41. The summed E-state index contributed by atoms with van der Waals surface area (Å²) in [6.07, 6.45) is 2.70. The summed E-state index contributed by atoms with van der Waals surface area (Å²) >= 11 is 5.41. The van der Waals surface area contributed by atoms with Gasteiger partial charge < -0.3 is 9.55 Å². The van der Waals surface area contributed by atoms with Gasteiger partial charge in [-0.15, -0.1) is 0 Å². The first-order chi connectivity index (χ1) is 9.19. The Labute approximate surface area is 118 Å². The lowest BCUT2D eigenvalue weighted by atomic mass is 10.3. The van der Waals surface area contributed by atoms with Crippen LogP contribution in [-0.2, 0) is 6.54 Å². The van der Waals surface area contributed by atoms with Crippen LogP contribution in [-0.4, -0.2) is 38.6 Å². The number of aromatic amines is 1. The van der Waals surface area contributed by atoms with Gasteiger partial charge in [-0.25, -0.2) is 4.98 Å². The normalized spacial score (nSPS) is 15.5. The number of nitrogens with zero attached hydrogens (tertiary/aromatic N) is 3. The summed E-state index contributed by atoms with van der Waals surface area (Å²) in [6.45, 7) is 7.34. The molecule has 2 aromatic rings. The van der Waals surface area contributed by atoms with E-state index in [2.05, 4.69) is 32.4 Å². The van der Waals surface area contributed by atoms with Gasteiger partial charge in [0.1, 0.15) is 0 Å². The molecule has 0 radical (unpaired) electrons. The third-order valence-corrected chi connectivity index (χ3v) is 4.16. The number of likely N-dealkylation sites (N-methyl/N-ethyl adjacent to an activating group) is 1. The second-order valence-electron chi connectivity index (χ2n) is 5.27. The monoisotopic (exact) mass is 276 g/mol. The molecule has 1 saturated carbocycles. The van der Waals surface area contributed by atoms with Crippen LogP contribution in [0.2, 0.25) is 0 Å². The molecule has 0 unspecified atom stereocenters. The molecule has 0 bridgehead atoms. The number of aromatic nitrogens is 3. The molecule has 0 aliphatic heterocycles. The molecule has 1 N–H and O–H groups in total. The highest BCUT2D eigenvalue weighted by Crippen LogP contribution is 2.26. The largest absolute Gasteiger partial charge is 0.329 e. The van der Waals surface area contributed by atoms with Crippen molar-refractivity contribution >= 4 is 23.4 Å². The third kappa shape index (κ3) is 2.58. The van der Waals surface area contributed by atoms with E-state index in [1.807, 2.05) is 13.0 Å². The van der Waals surface area contributed by atoms with Crippen LogP contribution in [0.1, 0.15) is 25.5 Å². The van der Waals surface area contributed by atoms with Crippen LogP contribution in [0.4, 0.5) is 0 Å². The molecule has 4 nitrogen and oxygen atoms in total. The number of nitrogens with one attached hydrogen (secondary N) is 1. The van der Waals surface area contributed by atoms with E-state index < -0.39 is 0 Å². The molecule has 2 heterocycles. The molecule has 1 aliphatic carbocycles. The van der Waals surface area contributed by atoms with Crippen molar-refractivity contribution in [2.75, 3.05) is 13.1 Å². The minimum absolute atomic E-state index is 0.778. The van der Waals surface area contributed by atoms with E-state index in [0.717, 1.165) is 47.3 Å². The first kappa shape index (κ1) is 12.8. The highest BCUT2D eigenvalue weighted by molar-refractivity contribution is 7.71. The van der Waals surface area contributed by atoms with Crippen LogP contribution >= 0.6 is 12.2 Å². The van der Waals surface area contributed by atoms with Gasteiger partial charge in [0.2, 0.25) is 0 Å². The van der Waals surface area contributed by atoms with Crippen molar-refractivity contribution in [1.29, 1.82) is 0 Å². The number of fused-ring (bicyclic) bond motifs is 1. The second kappa shape index (κ2) is 5.06. The lowest BCUT2D eigenvalue weighted by Crippen LogP contribution is -2.29. The van der Waals surface area contributed by atoms with Gasteiger partial charge in [-0.2, -0.15) is 0 Å². The smallest absolute Gasteiger partial charge is 0.179 e. The quantitative estimate of drug-likeness (QED) is 0.853. The molecule has 0 atom stereocenters. The molecule has 3 rings (SSSR count). The Kier molecular flexibility index (Phi) is 3.41. The van der Waals surface area contributed by atoms with Crippen molar-refractivity contribution in [3.8, 4) is 0 Å². The predicted molar refractivity (Wildman–Crippen MR) is 79.9 cm³/mol. The molecule has 0 amide bonds. The van der Waals surface area contributed by atoms with Crippen LogP contribution in [0.5, 0.6) is 0 Å². The molecule has 1 aliphatic rings. The highest BCUT2D eigenvalue weighted by Gasteiger charge is 2.27. The van der Waals surface area contributed by atoms with Crippen molar-refractivity contribution in [1.82, 2.24) is 19.4 Å². The second-order valence-corrected chi connectivity index (χ2v) is 5.65. The maximum atomic E-state index is 5.41. The molecule has 2 aromatic heterocycles. The Hall–Kier alpha value is -1.20. The molecule has 0 aromatic carbocycles. The molecule has 0 spiro atoms. The van der Waals surface area contributed by atoms with Crippen LogP contribution in [0, 0.1) is 11.7 Å². The summed E-state index contributed by atoms with van der Waals surface area (Å²) in [7, 11) is 0. The molecular weight excluding hydrogens is 256 g/mol. The van der Waals surface area contributed by atoms with Gasteiger partial charge in [-0.05, 0) is 50.7 Å². The Morgan fingerprint density at radius 3 is 2.95 bits per heavy atom. The van der Waals surface area contributed by atoms with E-state index >= 15 is 0 Å². The van der Waals surface area contributed by atoms with Crippen LogP contribution in [0.25, 0.3) is 11.2 Å². The van der Waals surface area contributed by atoms with E-state index in [4.69, 9.17) is 12.2 Å². The number of pyridine rings is 1. The maximum Gasteiger partial charge on any atom is 0.179 e. The third-order valence-electron chi connectivity index (χ3n) is 3.84. The molecule has 102 valence electrons. The van der Waals surface area contributed by atoms with E-state index in [1.54, 1.807) is 0 Å². The zero-order valence-electron chi connectivity index (χ0n) is 11.5. The van der Waals surface area contributed by atoms with Gasteiger partial charge >= 0.3 is 0 Å². The van der Waals surface area contributed by atoms with Crippen molar-refractivity contribution < 1.29 is 0 Å². The molecule has 19 heavy (non-hydrogen) atoms. The summed E-state index contributed by atoms with van der Waals surface area (Å²) in [4.78, 5) is 10.4. The topological polar surface area (TPSA) is 36.9 Å². The van der Waals surface area contributed by atoms with Gasteiger partial charge in [-0.1, -0.05) is 6.92 Å². The number of hydrogen-bond donors (Lipinski definition) is 1. The minimum atomic E-state index is 0.778. The van der Waals surface area contributed by atoms with E-state index in [1.165, 1.54) is 12.8 Å². The van der Waals surface area contributed by atoms with Crippen molar-refractivity contribution in [3.05, 3.63) is 22.6 Å². The summed E-state index contributed by atoms with van der Waals surface area (Å²) < 4.78 is 2.91. The Morgan fingerprint density at radius 1 is 1.47 bits per heavy atom. The number of imidazole rings is 1. The lowest BCUT2D eigenvalue weighted by molar-refractivity contribution is 0.266. The van der Waals surface area contributed by atoms with Gasteiger partial charge in [0.15, 0.2) is 10.4 Å². The SMILES string of the molecule is CCN(CCn1c(=S)[nH]c2ccc(C)nc21)C1CC1. The van der Waals surface area contributed by atoms with E-state index in [-0.39, 0.29) is 0 Å². The fourth-order valence-electron chi connectivity index (χ4n) is 2.60. The average molecular weight is 276 g/mol. The Balaban J connectivity index is 1.85. The molecule has 5 heteroatoms. The predicted octanol–water partition coefficient (Wildman–Crippen LogP) is 2.89. The first-order valence-corrected chi connectivity index (χ1v) is 7.40. The van der Waals surface area contributed by atoms with Crippen LogP contribution in [0.15, 0.2) is 12.1 Å². The number of aryl methyl sites for hydroxylation is 1. The average Bonchev–Trinajstić information content (AvgIpc) is 3.17. The Bertz CT molecular complexity index is 638. The van der Waals surface area contributed by atoms with Gasteiger partial charge in [-0.3, -0.25) is 4.90 Å². The van der Waals surface area contributed by atoms with E-state index in [0.29, 0.717) is 0 Å². The Morgan fingerprint density at radius 2 is 2.26 bits per heavy atom. The van der Waals surface area contributed by atoms with Crippen LogP contribution in [0.3, 0.4) is 0 Å². The summed E-state index contributed by atoms with van der Waals surface area (Å²) in [5.74, 6) is 0. The highest BCUT2D eigenvalue weighted by atomic mass is 32.1. The first-order valence-electron chi connectivity index (χ1n) is 6.99. The summed E-state index contributed by atoms with van der Waals surface area (Å²) in [5, 5.41) is 0. The molecular formula is C14H20N4S. The summed E-state index contributed by atoms with van der Waals surface area (Å²) in [5.41, 5.74) is 3.05. The number of H-pyrrole nitrogens is 1. The van der Waals surface area contributed by atoms with E-state index in [9.17, 15) is 0 Å². The van der Waals surface area contributed by atoms with Crippen LogP contribution < -0.4 is 0 Å². The zero-order chi connectivity index (χ0) is 13.4. The fourth-order valence-corrected chi connectivity index (χ4v) is 2.89. The number of rotatable bonds is 5. The van der Waals surface area contributed by atoms with Crippen molar-refractivity contribution in [2.24, 2.45) is 0 Å². The minimum Gasteiger partial charge on any atom is -0.329 e. The standard InChI is InChI=1S/C14H20N4S/c1-3-17(11-5-6-11)8-9-18-13-12(16-14(18)19)7-4-10(2)15-13/h4,7,11H,3,5-6,8-9H2,1-2H3,(H,16,19). The number of hydrogen-bond acceptors (Lipinski definition) is 3. The van der Waals surface area contributed by atoms with Gasteiger partial charge in [0.05, 0.1) is 5.52 Å². The molecule has 1 fully saturated rings.